The molecular formula is C17H25N3O3. The number of benzene rings is 1. The molecule has 0 aliphatic carbocycles. The Morgan fingerprint density at radius 1 is 1.26 bits per heavy atom. The van der Waals surface area contributed by atoms with Crippen LogP contribution in [0, 0.1) is 17.0 Å². The lowest BCUT2D eigenvalue weighted by Gasteiger charge is -2.19. The molecule has 0 spiro atoms. The number of hydrogen-bond donors (Lipinski definition) is 1. The summed E-state index contributed by atoms with van der Waals surface area (Å²) in [7, 11) is 0. The number of hydrogen-bond acceptors (Lipinski definition) is 4. The normalized spacial score (nSPS) is 15.9. The molecule has 6 nitrogen and oxygen atoms in total. The van der Waals surface area contributed by atoms with Crippen LogP contribution in [0.3, 0.4) is 0 Å². The Morgan fingerprint density at radius 2 is 1.96 bits per heavy atom. The first-order valence-corrected chi connectivity index (χ1v) is 8.33. The van der Waals surface area contributed by atoms with E-state index in [1.807, 2.05) is 0 Å². The van der Waals surface area contributed by atoms with Gasteiger partial charge in [-0.15, -0.1) is 0 Å². The Balaban J connectivity index is 1.78. The Hall–Kier alpha value is -1.95. The third kappa shape index (κ3) is 5.32. The van der Waals surface area contributed by atoms with E-state index in [2.05, 4.69) is 10.2 Å². The Morgan fingerprint density at radius 3 is 2.61 bits per heavy atom. The molecule has 6 heteroatoms. The minimum absolute atomic E-state index is 0.0118. The molecule has 1 saturated heterocycles. The highest BCUT2D eigenvalue weighted by Gasteiger charge is 2.15. The lowest BCUT2D eigenvalue weighted by molar-refractivity contribution is -0.385. The van der Waals surface area contributed by atoms with Gasteiger partial charge in [-0.3, -0.25) is 14.9 Å². The largest absolute Gasteiger partial charge is 0.352 e. The van der Waals surface area contributed by atoms with Crippen molar-refractivity contribution in [2.24, 2.45) is 0 Å². The second-order valence-corrected chi connectivity index (χ2v) is 6.12. The standard InChI is InChI=1S/C17H25N3O3/c1-14-7-8-15(13-16(14)20(22)23)17(21)18-9-6-12-19-10-4-2-3-5-11-19/h7-8,13H,2-6,9-12H2,1H3,(H,18,21). The molecule has 126 valence electrons. The summed E-state index contributed by atoms with van der Waals surface area (Å²) < 4.78 is 0. The number of nitrogens with one attached hydrogen (secondary N) is 1. The maximum atomic E-state index is 12.1. The van der Waals surface area contributed by atoms with Crippen molar-refractivity contribution in [1.29, 1.82) is 0 Å². The number of nitro benzene ring substituents is 1. The molecule has 0 saturated carbocycles. The van der Waals surface area contributed by atoms with Crippen molar-refractivity contribution in [3.8, 4) is 0 Å². The molecule has 1 heterocycles. The van der Waals surface area contributed by atoms with E-state index in [4.69, 9.17) is 0 Å². The van der Waals surface area contributed by atoms with Gasteiger partial charge in [-0.2, -0.15) is 0 Å². The molecule has 1 N–H and O–H groups in total. The first kappa shape index (κ1) is 17.4. The van der Waals surface area contributed by atoms with E-state index in [0.717, 1.165) is 26.1 Å². The average molecular weight is 319 g/mol. The summed E-state index contributed by atoms with van der Waals surface area (Å²) >= 11 is 0. The fourth-order valence-corrected chi connectivity index (χ4v) is 2.91. The second-order valence-electron chi connectivity index (χ2n) is 6.12. The van der Waals surface area contributed by atoms with E-state index in [1.165, 1.54) is 31.7 Å². The number of amides is 1. The van der Waals surface area contributed by atoms with Crippen molar-refractivity contribution >= 4 is 11.6 Å². The monoisotopic (exact) mass is 319 g/mol. The third-order valence-corrected chi connectivity index (χ3v) is 4.30. The summed E-state index contributed by atoms with van der Waals surface area (Å²) in [4.78, 5) is 25.0. The van der Waals surface area contributed by atoms with Crippen LogP contribution < -0.4 is 5.32 Å². The molecule has 1 amide bonds. The van der Waals surface area contributed by atoms with Crippen molar-refractivity contribution in [3.63, 3.8) is 0 Å². The van der Waals surface area contributed by atoms with E-state index in [-0.39, 0.29) is 11.6 Å². The van der Waals surface area contributed by atoms with E-state index in [1.54, 1.807) is 19.1 Å². The van der Waals surface area contributed by atoms with Crippen molar-refractivity contribution in [1.82, 2.24) is 10.2 Å². The number of carbonyl (C=O) groups is 1. The lowest BCUT2D eigenvalue weighted by atomic mass is 10.1. The van der Waals surface area contributed by atoms with Crippen LogP contribution in [-0.4, -0.2) is 41.9 Å². The van der Waals surface area contributed by atoms with Crippen molar-refractivity contribution in [2.75, 3.05) is 26.2 Å². The van der Waals surface area contributed by atoms with Gasteiger partial charge in [0, 0.05) is 23.7 Å². The number of nitro groups is 1. The average Bonchev–Trinajstić information content (AvgIpc) is 2.80. The molecule has 23 heavy (non-hydrogen) atoms. The SMILES string of the molecule is Cc1ccc(C(=O)NCCCN2CCCCCC2)cc1[N+](=O)[O-]. The van der Waals surface area contributed by atoms with Crippen LogP contribution in [0.25, 0.3) is 0 Å². The molecule has 0 bridgehead atoms. The van der Waals surface area contributed by atoms with Crippen LogP contribution in [0.15, 0.2) is 18.2 Å². The molecule has 1 aromatic rings. The summed E-state index contributed by atoms with van der Waals surface area (Å²) in [5.74, 6) is -0.246. The van der Waals surface area contributed by atoms with Gasteiger partial charge in [0.1, 0.15) is 0 Å². The number of rotatable bonds is 6. The molecule has 0 atom stereocenters. The number of nitrogens with zero attached hydrogens (tertiary/aromatic N) is 2. The minimum Gasteiger partial charge on any atom is -0.352 e. The van der Waals surface area contributed by atoms with Crippen molar-refractivity contribution in [2.45, 2.75) is 39.0 Å². The van der Waals surface area contributed by atoms with Crippen LogP contribution in [0.2, 0.25) is 0 Å². The summed E-state index contributed by atoms with van der Waals surface area (Å²) in [6, 6.07) is 4.59. The quantitative estimate of drug-likeness (QED) is 0.497. The second kappa shape index (κ2) is 8.62. The van der Waals surface area contributed by atoms with Gasteiger partial charge in [0.15, 0.2) is 0 Å². The Kier molecular flexibility index (Phi) is 6.52. The number of likely N-dealkylation sites (tertiary alicyclic amines) is 1. The Labute approximate surface area is 137 Å². The molecule has 0 unspecified atom stereocenters. The first-order chi connectivity index (χ1) is 11.1. The van der Waals surface area contributed by atoms with E-state index < -0.39 is 4.92 Å². The van der Waals surface area contributed by atoms with Gasteiger partial charge in [-0.05, 0) is 51.9 Å². The minimum atomic E-state index is -0.453. The topological polar surface area (TPSA) is 75.5 Å². The number of aryl methyl sites for hydroxylation is 1. The molecule has 1 aliphatic rings. The van der Waals surface area contributed by atoms with Gasteiger partial charge >= 0.3 is 0 Å². The van der Waals surface area contributed by atoms with Crippen LogP contribution >= 0.6 is 0 Å². The van der Waals surface area contributed by atoms with Gasteiger partial charge < -0.3 is 10.2 Å². The van der Waals surface area contributed by atoms with Crippen LogP contribution in [0.1, 0.15) is 48.0 Å². The smallest absolute Gasteiger partial charge is 0.273 e. The zero-order chi connectivity index (χ0) is 16.7. The van der Waals surface area contributed by atoms with Crippen molar-refractivity contribution < 1.29 is 9.72 Å². The lowest BCUT2D eigenvalue weighted by Crippen LogP contribution is -2.30. The molecule has 1 fully saturated rings. The van der Waals surface area contributed by atoms with Crippen LogP contribution in [0.4, 0.5) is 5.69 Å². The van der Waals surface area contributed by atoms with Gasteiger partial charge in [-0.25, -0.2) is 0 Å². The Bertz CT molecular complexity index is 552. The van der Waals surface area contributed by atoms with Crippen molar-refractivity contribution in [3.05, 3.63) is 39.4 Å². The van der Waals surface area contributed by atoms with Crippen LogP contribution in [-0.2, 0) is 0 Å². The zero-order valence-corrected chi connectivity index (χ0v) is 13.7. The highest BCUT2D eigenvalue weighted by molar-refractivity contribution is 5.94. The van der Waals surface area contributed by atoms with E-state index in [0.29, 0.717) is 17.7 Å². The summed E-state index contributed by atoms with van der Waals surface area (Å²) in [5.41, 5.74) is 0.895. The molecule has 1 aromatic carbocycles. The summed E-state index contributed by atoms with van der Waals surface area (Å²) in [6.45, 7) is 5.56. The maximum Gasteiger partial charge on any atom is 0.273 e. The molecule has 0 aromatic heterocycles. The highest BCUT2D eigenvalue weighted by Crippen LogP contribution is 2.19. The van der Waals surface area contributed by atoms with Gasteiger partial charge in [0.05, 0.1) is 4.92 Å². The van der Waals surface area contributed by atoms with Gasteiger partial charge in [-0.1, -0.05) is 18.9 Å². The third-order valence-electron chi connectivity index (χ3n) is 4.30. The highest BCUT2D eigenvalue weighted by atomic mass is 16.6. The zero-order valence-electron chi connectivity index (χ0n) is 13.7. The van der Waals surface area contributed by atoms with E-state index in [9.17, 15) is 14.9 Å². The predicted octanol–water partition coefficient (Wildman–Crippen LogP) is 2.90. The fourth-order valence-electron chi connectivity index (χ4n) is 2.91. The van der Waals surface area contributed by atoms with Crippen LogP contribution in [0.5, 0.6) is 0 Å². The summed E-state index contributed by atoms with van der Waals surface area (Å²) in [6.07, 6.45) is 6.07. The summed E-state index contributed by atoms with van der Waals surface area (Å²) in [5, 5.41) is 13.8. The maximum absolute atomic E-state index is 12.1. The first-order valence-electron chi connectivity index (χ1n) is 8.33. The van der Waals surface area contributed by atoms with E-state index >= 15 is 0 Å². The predicted molar refractivity (Wildman–Crippen MR) is 89.7 cm³/mol. The fraction of sp³-hybridized carbons (Fsp3) is 0.588. The number of carbonyl (C=O) groups excluding carboxylic acids is 1. The van der Waals surface area contributed by atoms with Gasteiger partial charge in [0.25, 0.3) is 11.6 Å². The molecular weight excluding hydrogens is 294 g/mol. The molecule has 1 aliphatic heterocycles. The molecule has 2 rings (SSSR count). The van der Waals surface area contributed by atoms with Gasteiger partial charge in [0.2, 0.25) is 0 Å². The molecule has 0 radical (unpaired) electrons.